The van der Waals surface area contributed by atoms with Gasteiger partial charge in [0.2, 0.25) is 0 Å². The van der Waals surface area contributed by atoms with Gasteiger partial charge in [-0.15, -0.1) is 0 Å². The maximum absolute atomic E-state index is 12.3. The van der Waals surface area contributed by atoms with Crippen LogP contribution in [0.2, 0.25) is 0 Å². The van der Waals surface area contributed by atoms with E-state index >= 15 is 0 Å². The predicted octanol–water partition coefficient (Wildman–Crippen LogP) is 2.90. The fourth-order valence-electron chi connectivity index (χ4n) is 2.85. The van der Waals surface area contributed by atoms with Gasteiger partial charge in [0.15, 0.2) is 0 Å². The van der Waals surface area contributed by atoms with Crippen LogP contribution < -0.4 is 11.3 Å². The second kappa shape index (κ2) is 5.87. The Labute approximate surface area is 129 Å². The molecule has 0 fully saturated rings. The molecule has 4 heteroatoms. The summed E-state index contributed by atoms with van der Waals surface area (Å²) in [5, 5.41) is 0. The molecule has 0 aliphatic carbocycles. The molecule has 3 N–H and O–H groups in total. The molecule has 0 aromatic heterocycles. The maximum Gasteiger partial charge on any atom is 0.336 e. The van der Waals surface area contributed by atoms with E-state index in [-0.39, 0.29) is 6.03 Å². The first kappa shape index (κ1) is 14.1. The second-order valence-electron chi connectivity index (χ2n) is 5.02. The van der Waals surface area contributed by atoms with Crippen molar-refractivity contribution < 1.29 is 4.79 Å². The molecule has 0 saturated carbocycles. The molecule has 0 spiro atoms. The summed E-state index contributed by atoms with van der Waals surface area (Å²) in [6, 6.07) is 19.4. The summed E-state index contributed by atoms with van der Waals surface area (Å²) in [6.07, 6.45) is 7.51. The van der Waals surface area contributed by atoms with Gasteiger partial charge in [-0.1, -0.05) is 66.7 Å². The average molecular weight is 291 g/mol. The molecule has 2 aromatic rings. The van der Waals surface area contributed by atoms with E-state index in [0.717, 1.165) is 11.1 Å². The van der Waals surface area contributed by atoms with E-state index in [2.05, 4.69) is 5.43 Å². The van der Waals surface area contributed by atoms with Crippen molar-refractivity contribution in [3.8, 4) is 0 Å². The highest BCUT2D eigenvalue weighted by atomic mass is 16.2. The lowest BCUT2D eigenvalue weighted by Gasteiger charge is -2.42. The van der Waals surface area contributed by atoms with Gasteiger partial charge in [-0.05, 0) is 23.3 Å². The van der Waals surface area contributed by atoms with Crippen molar-refractivity contribution in [2.75, 3.05) is 0 Å². The van der Waals surface area contributed by atoms with Gasteiger partial charge in [0, 0.05) is 6.20 Å². The minimum atomic E-state index is -0.722. The van der Waals surface area contributed by atoms with Crippen LogP contribution in [0.25, 0.3) is 0 Å². The highest BCUT2D eigenvalue weighted by Crippen LogP contribution is 2.39. The van der Waals surface area contributed by atoms with Gasteiger partial charge in [0.1, 0.15) is 5.54 Å². The Morgan fingerprint density at radius 1 is 0.909 bits per heavy atom. The third kappa shape index (κ3) is 2.19. The van der Waals surface area contributed by atoms with Crippen LogP contribution in [0.5, 0.6) is 0 Å². The van der Waals surface area contributed by atoms with E-state index in [4.69, 9.17) is 5.84 Å². The molecule has 1 aliphatic heterocycles. The van der Waals surface area contributed by atoms with Gasteiger partial charge in [0.25, 0.3) is 0 Å². The SMILES string of the molecule is NNC(=O)N1C=CC=CC1(c1ccccc1)c1ccccc1. The van der Waals surface area contributed by atoms with Gasteiger partial charge in [-0.25, -0.2) is 10.6 Å². The quantitative estimate of drug-likeness (QED) is 0.508. The van der Waals surface area contributed by atoms with E-state index < -0.39 is 5.54 Å². The topological polar surface area (TPSA) is 58.4 Å². The summed E-state index contributed by atoms with van der Waals surface area (Å²) in [7, 11) is 0. The first-order valence-electron chi connectivity index (χ1n) is 7.06. The molecule has 22 heavy (non-hydrogen) atoms. The zero-order valence-electron chi connectivity index (χ0n) is 12.0. The third-order valence-corrected chi connectivity index (χ3v) is 3.83. The summed E-state index contributed by atoms with van der Waals surface area (Å²) >= 11 is 0. The summed E-state index contributed by atoms with van der Waals surface area (Å²) < 4.78 is 0. The molecule has 2 aromatic carbocycles. The first-order chi connectivity index (χ1) is 10.8. The normalized spacial score (nSPS) is 15.6. The Hall–Kier alpha value is -2.85. The lowest BCUT2D eigenvalue weighted by atomic mass is 9.80. The van der Waals surface area contributed by atoms with Crippen molar-refractivity contribution in [3.63, 3.8) is 0 Å². The fraction of sp³-hybridized carbons (Fsp3) is 0.0556. The van der Waals surface area contributed by atoms with Crippen molar-refractivity contribution in [2.45, 2.75) is 5.54 Å². The number of rotatable bonds is 2. The number of hydrogen-bond donors (Lipinski definition) is 2. The summed E-state index contributed by atoms with van der Waals surface area (Å²) in [5.41, 5.74) is 3.49. The first-order valence-corrected chi connectivity index (χ1v) is 7.06. The number of hydrazine groups is 1. The smallest absolute Gasteiger partial charge is 0.282 e. The van der Waals surface area contributed by atoms with E-state index in [9.17, 15) is 4.79 Å². The van der Waals surface area contributed by atoms with Crippen LogP contribution in [0.3, 0.4) is 0 Å². The Bertz CT molecular complexity index is 668. The molecule has 0 radical (unpaired) electrons. The van der Waals surface area contributed by atoms with E-state index in [1.807, 2.05) is 78.9 Å². The van der Waals surface area contributed by atoms with Gasteiger partial charge >= 0.3 is 6.03 Å². The summed E-state index contributed by atoms with van der Waals surface area (Å²) in [6.45, 7) is 0. The van der Waals surface area contributed by atoms with Crippen molar-refractivity contribution >= 4 is 6.03 Å². The Kier molecular flexibility index (Phi) is 3.76. The molecule has 1 heterocycles. The highest BCUT2D eigenvalue weighted by molar-refractivity contribution is 5.78. The van der Waals surface area contributed by atoms with Crippen LogP contribution in [-0.2, 0) is 5.54 Å². The molecular weight excluding hydrogens is 274 g/mol. The largest absolute Gasteiger partial charge is 0.336 e. The summed E-state index contributed by atoms with van der Waals surface area (Å²) in [5.74, 6) is 5.38. The van der Waals surface area contributed by atoms with Gasteiger partial charge < -0.3 is 0 Å². The van der Waals surface area contributed by atoms with Crippen LogP contribution >= 0.6 is 0 Å². The van der Waals surface area contributed by atoms with Gasteiger partial charge in [-0.3, -0.25) is 10.3 Å². The molecule has 3 rings (SSSR count). The lowest BCUT2D eigenvalue weighted by Crippen LogP contribution is -2.52. The molecule has 0 saturated heterocycles. The van der Waals surface area contributed by atoms with E-state index in [0.29, 0.717) is 0 Å². The van der Waals surface area contributed by atoms with Crippen molar-refractivity contribution in [2.24, 2.45) is 5.84 Å². The number of allylic oxidation sites excluding steroid dienone is 2. The fourth-order valence-corrected chi connectivity index (χ4v) is 2.85. The molecule has 0 unspecified atom stereocenters. The van der Waals surface area contributed by atoms with Crippen LogP contribution in [0, 0.1) is 0 Å². The number of nitrogens with two attached hydrogens (primary N) is 1. The second-order valence-corrected chi connectivity index (χ2v) is 5.02. The van der Waals surface area contributed by atoms with Crippen molar-refractivity contribution in [3.05, 3.63) is 96.2 Å². The lowest BCUT2D eigenvalue weighted by molar-refractivity contribution is 0.189. The van der Waals surface area contributed by atoms with Crippen molar-refractivity contribution in [1.29, 1.82) is 0 Å². The summed E-state index contributed by atoms with van der Waals surface area (Å²) in [4.78, 5) is 13.9. The number of nitrogens with zero attached hydrogens (tertiary/aromatic N) is 1. The van der Waals surface area contributed by atoms with Gasteiger partial charge in [0.05, 0.1) is 0 Å². The molecule has 4 nitrogen and oxygen atoms in total. The number of nitrogens with one attached hydrogen (secondary N) is 1. The molecular formula is C18H17N3O. The van der Waals surface area contributed by atoms with E-state index in [1.165, 1.54) is 0 Å². The number of hydrogen-bond acceptors (Lipinski definition) is 2. The minimum Gasteiger partial charge on any atom is -0.282 e. The molecule has 110 valence electrons. The zero-order valence-corrected chi connectivity index (χ0v) is 12.0. The maximum atomic E-state index is 12.3. The number of amides is 2. The highest BCUT2D eigenvalue weighted by Gasteiger charge is 2.40. The average Bonchev–Trinajstić information content (AvgIpc) is 2.62. The molecule has 0 atom stereocenters. The Morgan fingerprint density at radius 2 is 1.45 bits per heavy atom. The number of benzene rings is 2. The van der Waals surface area contributed by atoms with Crippen LogP contribution in [0.15, 0.2) is 85.1 Å². The molecule has 2 amide bonds. The number of urea groups is 1. The molecule has 0 bridgehead atoms. The number of carbonyl (C=O) groups is 1. The standard InChI is InChI=1S/C18H17N3O/c19-20-17(22)21-14-8-7-13-18(21,15-9-3-1-4-10-15)16-11-5-2-6-12-16/h1-14H,19H2,(H,20,22). The van der Waals surface area contributed by atoms with E-state index in [1.54, 1.807) is 11.1 Å². The van der Waals surface area contributed by atoms with Crippen molar-refractivity contribution in [1.82, 2.24) is 10.3 Å². The predicted molar refractivity (Wildman–Crippen MR) is 86.5 cm³/mol. The Morgan fingerprint density at radius 3 is 1.95 bits per heavy atom. The van der Waals surface area contributed by atoms with Crippen LogP contribution in [-0.4, -0.2) is 10.9 Å². The van der Waals surface area contributed by atoms with Crippen LogP contribution in [0.1, 0.15) is 11.1 Å². The third-order valence-electron chi connectivity index (χ3n) is 3.83. The monoisotopic (exact) mass is 291 g/mol. The van der Waals surface area contributed by atoms with Gasteiger partial charge in [-0.2, -0.15) is 0 Å². The number of carbonyl (C=O) groups excluding carboxylic acids is 1. The zero-order chi connectivity index (χ0) is 15.4. The molecule has 1 aliphatic rings. The minimum absolute atomic E-state index is 0.367. The Balaban J connectivity index is 2.25. The van der Waals surface area contributed by atoms with Crippen LogP contribution in [0.4, 0.5) is 4.79 Å².